The molecule has 1 aromatic carbocycles. The molecule has 2 N–H and O–H groups in total. The maximum absolute atomic E-state index is 6.08. The number of nitrogens with two attached hydrogens (primary N) is 1. The number of anilines is 1. The van der Waals surface area contributed by atoms with Gasteiger partial charge >= 0.3 is 0 Å². The first-order valence-electron chi connectivity index (χ1n) is 5.99. The molecule has 88 valence electrons. The Labute approximate surface area is 106 Å². The highest BCUT2D eigenvalue weighted by atomic mass is 32.1. The summed E-state index contributed by atoms with van der Waals surface area (Å²) >= 11 is 1.66. The molecule has 2 nitrogen and oxygen atoms in total. The Hall–Kier alpha value is -1.35. The van der Waals surface area contributed by atoms with Gasteiger partial charge in [-0.15, -0.1) is 11.3 Å². The number of hydrogen-bond acceptors (Lipinski definition) is 3. The van der Waals surface area contributed by atoms with Gasteiger partial charge in [-0.25, -0.2) is 4.98 Å². The molecule has 1 aromatic heterocycles. The van der Waals surface area contributed by atoms with E-state index in [4.69, 9.17) is 10.7 Å². The highest BCUT2D eigenvalue weighted by Gasteiger charge is 2.28. The second-order valence-corrected chi connectivity index (χ2v) is 5.90. The van der Waals surface area contributed by atoms with Gasteiger partial charge in [-0.3, -0.25) is 0 Å². The maximum Gasteiger partial charge on any atom is 0.114 e. The van der Waals surface area contributed by atoms with Crippen LogP contribution in [-0.2, 0) is 0 Å². The van der Waals surface area contributed by atoms with Crippen molar-refractivity contribution in [3.63, 3.8) is 0 Å². The molecule has 3 heteroatoms. The minimum Gasteiger partial charge on any atom is -0.389 e. The summed E-state index contributed by atoms with van der Waals surface area (Å²) in [4.78, 5) is 4.71. The summed E-state index contributed by atoms with van der Waals surface area (Å²) in [6, 6.07) is 6.43. The average molecular weight is 244 g/mol. The number of aromatic nitrogens is 1. The molecule has 0 amide bonds. The molecule has 0 aliphatic heterocycles. The second kappa shape index (κ2) is 3.84. The molecule has 1 fully saturated rings. The van der Waals surface area contributed by atoms with Gasteiger partial charge in [0.25, 0.3) is 0 Å². The molecule has 0 bridgehead atoms. The largest absolute Gasteiger partial charge is 0.389 e. The smallest absolute Gasteiger partial charge is 0.114 e. The molecule has 17 heavy (non-hydrogen) atoms. The molecule has 1 heterocycles. The third kappa shape index (κ3) is 1.95. The van der Waals surface area contributed by atoms with Crippen LogP contribution in [0, 0.1) is 13.8 Å². The lowest BCUT2D eigenvalue weighted by atomic mass is 10.0. The van der Waals surface area contributed by atoms with Crippen LogP contribution < -0.4 is 5.73 Å². The average Bonchev–Trinajstić information content (AvgIpc) is 3.07. The summed E-state index contributed by atoms with van der Waals surface area (Å²) in [6.07, 6.45) is 2.55. The van der Waals surface area contributed by atoms with Crippen LogP contribution in [0.1, 0.15) is 34.9 Å². The number of nitrogen functional groups attached to an aromatic ring is 1. The number of nitrogens with zero attached hydrogens (tertiary/aromatic N) is 1. The summed E-state index contributed by atoms with van der Waals surface area (Å²) < 4.78 is 0. The molecule has 0 atom stereocenters. The van der Waals surface area contributed by atoms with E-state index in [9.17, 15) is 0 Å². The van der Waals surface area contributed by atoms with Crippen molar-refractivity contribution in [3.05, 3.63) is 34.3 Å². The predicted octanol–water partition coefficient (Wildman–Crippen LogP) is 3.89. The van der Waals surface area contributed by atoms with Crippen molar-refractivity contribution in [3.8, 4) is 11.3 Å². The van der Waals surface area contributed by atoms with E-state index in [0.717, 1.165) is 16.3 Å². The first kappa shape index (κ1) is 10.8. The van der Waals surface area contributed by atoms with Crippen LogP contribution in [0.3, 0.4) is 0 Å². The summed E-state index contributed by atoms with van der Waals surface area (Å²) in [5.74, 6) is 0.683. The maximum atomic E-state index is 6.08. The zero-order chi connectivity index (χ0) is 12.0. The molecule has 2 aromatic rings. The van der Waals surface area contributed by atoms with Gasteiger partial charge < -0.3 is 5.73 Å². The van der Waals surface area contributed by atoms with Crippen LogP contribution in [0.5, 0.6) is 0 Å². The molecular formula is C14H16N2S. The lowest BCUT2D eigenvalue weighted by Gasteiger charge is -2.03. The molecule has 3 rings (SSSR count). The summed E-state index contributed by atoms with van der Waals surface area (Å²) in [5.41, 5.74) is 10.8. The standard InChI is InChI=1S/C14H16N2S/c1-8-3-4-11(7-9(8)2)12-13(15)17-14(16-12)10-5-6-10/h3-4,7,10H,5-6,15H2,1-2H3. The second-order valence-electron chi connectivity index (χ2n) is 4.84. The highest BCUT2D eigenvalue weighted by Crippen LogP contribution is 2.45. The van der Waals surface area contributed by atoms with Crippen molar-refractivity contribution in [2.75, 3.05) is 5.73 Å². The topological polar surface area (TPSA) is 38.9 Å². The van der Waals surface area contributed by atoms with Gasteiger partial charge in [0.15, 0.2) is 0 Å². The minimum absolute atomic E-state index is 0.683. The Bertz CT molecular complexity index is 568. The van der Waals surface area contributed by atoms with Crippen LogP contribution in [0.4, 0.5) is 5.00 Å². The van der Waals surface area contributed by atoms with Crippen LogP contribution in [0.15, 0.2) is 18.2 Å². The number of thiazole rings is 1. The van der Waals surface area contributed by atoms with E-state index in [0.29, 0.717) is 5.92 Å². The van der Waals surface area contributed by atoms with Crippen molar-refractivity contribution in [2.24, 2.45) is 0 Å². The zero-order valence-corrected chi connectivity index (χ0v) is 11.0. The molecule has 1 aliphatic carbocycles. The molecule has 0 radical (unpaired) electrons. The lowest BCUT2D eigenvalue weighted by molar-refractivity contribution is 1.08. The minimum atomic E-state index is 0.683. The molecular weight excluding hydrogens is 228 g/mol. The van der Waals surface area contributed by atoms with Crippen molar-refractivity contribution in [1.29, 1.82) is 0 Å². The first-order chi connectivity index (χ1) is 8.15. The Balaban J connectivity index is 2.04. The highest BCUT2D eigenvalue weighted by molar-refractivity contribution is 7.16. The number of rotatable bonds is 2. The van der Waals surface area contributed by atoms with Gasteiger partial charge in [-0.2, -0.15) is 0 Å². The van der Waals surface area contributed by atoms with Gasteiger partial charge in [0.05, 0.1) is 5.01 Å². The van der Waals surface area contributed by atoms with Crippen molar-refractivity contribution < 1.29 is 0 Å². The van der Waals surface area contributed by atoms with Crippen LogP contribution in [-0.4, -0.2) is 4.98 Å². The van der Waals surface area contributed by atoms with Crippen molar-refractivity contribution in [2.45, 2.75) is 32.6 Å². The Kier molecular flexibility index (Phi) is 2.44. The van der Waals surface area contributed by atoms with E-state index in [1.54, 1.807) is 11.3 Å². The van der Waals surface area contributed by atoms with E-state index < -0.39 is 0 Å². The fraction of sp³-hybridized carbons (Fsp3) is 0.357. The molecule has 1 aliphatic rings. The third-order valence-electron chi connectivity index (χ3n) is 3.38. The number of benzene rings is 1. The van der Waals surface area contributed by atoms with E-state index in [1.165, 1.54) is 29.0 Å². The fourth-order valence-electron chi connectivity index (χ4n) is 1.95. The summed E-state index contributed by atoms with van der Waals surface area (Å²) in [5, 5.41) is 2.07. The molecule has 0 unspecified atom stereocenters. The summed E-state index contributed by atoms with van der Waals surface area (Å²) in [7, 11) is 0. The van der Waals surface area contributed by atoms with E-state index in [1.807, 2.05) is 0 Å². The van der Waals surface area contributed by atoms with E-state index in [-0.39, 0.29) is 0 Å². The Morgan fingerprint density at radius 2 is 2.00 bits per heavy atom. The quantitative estimate of drug-likeness (QED) is 0.870. The van der Waals surface area contributed by atoms with Gasteiger partial charge in [0.1, 0.15) is 10.7 Å². The Morgan fingerprint density at radius 3 is 2.65 bits per heavy atom. The number of hydrogen-bond donors (Lipinski definition) is 1. The van der Waals surface area contributed by atoms with E-state index in [2.05, 4.69) is 32.0 Å². The molecule has 1 saturated carbocycles. The zero-order valence-electron chi connectivity index (χ0n) is 10.2. The number of aryl methyl sites for hydroxylation is 2. The Morgan fingerprint density at radius 1 is 1.24 bits per heavy atom. The van der Waals surface area contributed by atoms with Crippen molar-refractivity contribution >= 4 is 16.3 Å². The third-order valence-corrected chi connectivity index (χ3v) is 4.42. The van der Waals surface area contributed by atoms with Gasteiger partial charge in [0.2, 0.25) is 0 Å². The lowest BCUT2D eigenvalue weighted by Crippen LogP contribution is -1.88. The molecule has 0 spiro atoms. The SMILES string of the molecule is Cc1ccc(-c2nc(C3CC3)sc2N)cc1C. The van der Waals surface area contributed by atoms with Gasteiger partial charge in [0, 0.05) is 11.5 Å². The predicted molar refractivity (Wildman–Crippen MR) is 73.4 cm³/mol. The summed E-state index contributed by atoms with van der Waals surface area (Å²) in [6.45, 7) is 4.25. The van der Waals surface area contributed by atoms with Gasteiger partial charge in [-0.1, -0.05) is 12.1 Å². The van der Waals surface area contributed by atoms with Crippen molar-refractivity contribution in [1.82, 2.24) is 4.98 Å². The van der Waals surface area contributed by atoms with E-state index >= 15 is 0 Å². The van der Waals surface area contributed by atoms with Crippen LogP contribution >= 0.6 is 11.3 Å². The monoisotopic (exact) mass is 244 g/mol. The molecule has 0 saturated heterocycles. The van der Waals surface area contributed by atoms with Crippen LogP contribution in [0.2, 0.25) is 0 Å². The first-order valence-corrected chi connectivity index (χ1v) is 6.80. The van der Waals surface area contributed by atoms with Crippen LogP contribution in [0.25, 0.3) is 11.3 Å². The fourth-order valence-corrected chi connectivity index (χ4v) is 2.97. The normalized spacial score (nSPS) is 15.2. The van der Waals surface area contributed by atoms with Gasteiger partial charge in [-0.05, 0) is 43.9 Å².